The molecule has 6 nitrogen and oxygen atoms in total. The summed E-state index contributed by atoms with van der Waals surface area (Å²) < 4.78 is 5.50. The van der Waals surface area contributed by atoms with Crippen LogP contribution in [0.1, 0.15) is 393 Å². The Hall–Kier alpha value is -1.14. The fourth-order valence-electron chi connectivity index (χ4n) is 11.0. The summed E-state index contributed by atoms with van der Waals surface area (Å²) in [6.07, 6.45) is 75.8. The number of rotatable bonds is 64. The monoisotopic (exact) mass is 1030 g/mol. The van der Waals surface area contributed by atoms with Gasteiger partial charge < -0.3 is 20.3 Å². The van der Waals surface area contributed by atoms with Gasteiger partial charge in [0.1, 0.15) is 0 Å². The lowest BCUT2D eigenvalue weighted by Crippen LogP contribution is -2.45. The van der Waals surface area contributed by atoms with Crippen molar-refractivity contribution in [2.75, 3.05) is 13.2 Å². The molecule has 0 aromatic rings. The van der Waals surface area contributed by atoms with E-state index in [-0.39, 0.29) is 18.5 Å². The standard InChI is InChI=1S/C67H133NO5/c1-3-5-7-9-11-13-15-16-33-37-41-45-49-53-57-61-67(72)73-62-58-54-50-46-42-38-35-32-30-28-26-24-22-20-18-17-19-21-23-25-27-29-31-34-36-40-44-48-52-56-60-66(71)68-64(63-69)65(70)59-55-51-47-43-39-14-12-10-8-6-4-2/h64-65,69-70H,3-63H2,1-2H3,(H,68,71). The minimum absolute atomic E-state index is 0.0240. The van der Waals surface area contributed by atoms with E-state index in [2.05, 4.69) is 19.2 Å². The minimum atomic E-state index is -0.659. The molecule has 0 fully saturated rings. The highest BCUT2D eigenvalue weighted by atomic mass is 16.5. The summed E-state index contributed by atoms with van der Waals surface area (Å²) in [5.74, 6) is -0.00563. The SMILES string of the molecule is CCCCCCCCCCCCCCCCCC(=O)OCCCCCCCCCCCCCCCCCCCCCCCCCCCCCCCCC(=O)NC(CO)C(O)CCCCCCCCCCCCC. The van der Waals surface area contributed by atoms with Gasteiger partial charge in [0, 0.05) is 12.8 Å². The molecule has 2 unspecified atom stereocenters. The lowest BCUT2D eigenvalue weighted by molar-refractivity contribution is -0.143. The number of carbonyl (C=O) groups is 2. The van der Waals surface area contributed by atoms with E-state index in [4.69, 9.17) is 4.74 Å². The minimum Gasteiger partial charge on any atom is -0.466 e. The molecule has 6 heteroatoms. The van der Waals surface area contributed by atoms with Gasteiger partial charge in [0.2, 0.25) is 5.91 Å². The highest BCUT2D eigenvalue weighted by Gasteiger charge is 2.20. The Kier molecular flexibility index (Phi) is 62.4. The van der Waals surface area contributed by atoms with Crippen LogP contribution in [0.2, 0.25) is 0 Å². The quantitative estimate of drug-likeness (QED) is 0.0417. The second kappa shape index (κ2) is 63.4. The summed E-state index contributed by atoms with van der Waals surface area (Å²) >= 11 is 0. The molecule has 0 rings (SSSR count). The molecule has 0 bridgehead atoms. The second-order valence-electron chi connectivity index (χ2n) is 23.5. The molecule has 0 heterocycles. The van der Waals surface area contributed by atoms with Crippen molar-refractivity contribution in [1.29, 1.82) is 0 Å². The second-order valence-corrected chi connectivity index (χ2v) is 23.5. The Balaban J connectivity index is 3.29. The molecule has 2 atom stereocenters. The van der Waals surface area contributed by atoms with Gasteiger partial charge in [-0.2, -0.15) is 0 Å². The molecular weight excluding hydrogens is 899 g/mol. The number of aliphatic hydroxyl groups is 2. The molecule has 0 aromatic carbocycles. The zero-order chi connectivity index (χ0) is 52.9. The van der Waals surface area contributed by atoms with Crippen LogP contribution in [0.4, 0.5) is 0 Å². The van der Waals surface area contributed by atoms with Crippen molar-refractivity contribution in [2.45, 2.75) is 405 Å². The van der Waals surface area contributed by atoms with Gasteiger partial charge in [-0.05, 0) is 25.7 Å². The van der Waals surface area contributed by atoms with E-state index in [1.54, 1.807) is 0 Å². The van der Waals surface area contributed by atoms with Gasteiger partial charge in [-0.15, -0.1) is 0 Å². The van der Waals surface area contributed by atoms with Crippen LogP contribution in [0.5, 0.6) is 0 Å². The molecule has 3 N–H and O–H groups in total. The lowest BCUT2D eigenvalue weighted by Gasteiger charge is -2.22. The van der Waals surface area contributed by atoms with Crippen LogP contribution in [0.3, 0.4) is 0 Å². The number of carbonyl (C=O) groups excluding carboxylic acids is 2. The van der Waals surface area contributed by atoms with E-state index < -0.39 is 12.1 Å². The van der Waals surface area contributed by atoms with Crippen molar-refractivity contribution in [2.24, 2.45) is 0 Å². The van der Waals surface area contributed by atoms with Crippen LogP contribution in [-0.2, 0) is 14.3 Å². The first-order valence-electron chi connectivity index (χ1n) is 33.8. The summed E-state index contributed by atoms with van der Waals surface area (Å²) in [6, 6.07) is -0.536. The molecule has 0 aromatic heterocycles. The summed E-state index contributed by atoms with van der Waals surface area (Å²) in [7, 11) is 0. The van der Waals surface area contributed by atoms with Gasteiger partial charge in [-0.1, -0.05) is 354 Å². The number of hydrogen-bond acceptors (Lipinski definition) is 5. The summed E-state index contributed by atoms with van der Waals surface area (Å²) in [5, 5.41) is 23.2. The molecule has 0 aliphatic carbocycles. The maximum Gasteiger partial charge on any atom is 0.305 e. The van der Waals surface area contributed by atoms with Gasteiger partial charge in [0.05, 0.1) is 25.4 Å². The summed E-state index contributed by atoms with van der Waals surface area (Å²) in [5.41, 5.74) is 0. The van der Waals surface area contributed by atoms with Crippen LogP contribution < -0.4 is 5.32 Å². The molecule has 0 spiro atoms. The average Bonchev–Trinajstić information content (AvgIpc) is 3.39. The number of aliphatic hydroxyl groups excluding tert-OH is 2. The van der Waals surface area contributed by atoms with Crippen molar-refractivity contribution >= 4 is 11.9 Å². The molecule has 0 radical (unpaired) electrons. The van der Waals surface area contributed by atoms with Gasteiger partial charge >= 0.3 is 5.97 Å². The van der Waals surface area contributed by atoms with Crippen LogP contribution in [-0.4, -0.2) is 47.4 Å². The zero-order valence-electron chi connectivity index (χ0n) is 49.9. The van der Waals surface area contributed by atoms with Gasteiger partial charge in [-0.25, -0.2) is 0 Å². The number of ether oxygens (including phenoxy) is 1. The average molecular weight is 1030 g/mol. The fraction of sp³-hybridized carbons (Fsp3) is 0.970. The van der Waals surface area contributed by atoms with E-state index in [9.17, 15) is 19.8 Å². The fourth-order valence-corrected chi connectivity index (χ4v) is 11.0. The first kappa shape index (κ1) is 71.9. The van der Waals surface area contributed by atoms with E-state index in [1.165, 1.54) is 321 Å². The zero-order valence-corrected chi connectivity index (χ0v) is 49.9. The molecule has 436 valence electrons. The van der Waals surface area contributed by atoms with E-state index in [1.807, 2.05) is 0 Å². The molecule has 73 heavy (non-hydrogen) atoms. The topological polar surface area (TPSA) is 95.9 Å². The van der Waals surface area contributed by atoms with E-state index in [0.29, 0.717) is 25.9 Å². The highest BCUT2D eigenvalue weighted by Crippen LogP contribution is 2.19. The van der Waals surface area contributed by atoms with E-state index >= 15 is 0 Å². The Morgan fingerprint density at radius 2 is 0.562 bits per heavy atom. The summed E-state index contributed by atoms with van der Waals surface area (Å²) in [6.45, 7) is 4.98. The Morgan fingerprint density at radius 1 is 0.329 bits per heavy atom. The third-order valence-electron chi connectivity index (χ3n) is 16.2. The first-order chi connectivity index (χ1) is 36.0. The number of unbranched alkanes of at least 4 members (excludes halogenated alkanes) is 53. The third kappa shape index (κ3) is 60.0. The van der Waals surface area contributed by atoms with Crippen LogP contribution in [0, 0.1) is 0 Å². The van der Waals surface area contributed by atoms with Crippen molar-refractivity contribution in [1.82, 2.24) is 5.32 Å². The number of esters is 1. The maximum atomic E-state index is 12.5. The smallest absolute Gasteiger partial charge is 0.305 e. The third-order valence-corrected chi connectivity index (χ3v) is 16.2. The largest absolute Gasteiger partial charge is 0.466 e. The highest BCUT2D eigenvalue weighted by molar-refractivity contribution is 5.76. The lowest BCUT2D eigenvalue weighted by atomic mass is 10.0. The van der Waals surface area contributed by atoms with Crippen molar-refractivity contribution < 1.29 is 24.5 Å². The Morgan fingerprint density at radius 3 is 0.836 bits per heavy atom. The van der Waals surface area contributed by atoms with Crippen molar-refractivity contribution in [3.05, 3.63) is 0 Å². The van der Waals surface area contributed by atoms with Gasteiger partial charge in [-0.3, -0.25) is 9.59 Å². The van der Waals surface area contributed by atoms with Crippen LogP contribution in [0.25, 0.3) is 0 Å². The van der Waals surface area contributed by atoms with E-state index in [0.717, 1.165) is 38.5 Å². The van der Waals surface area contributed by atoms with Crippen LogP contribution >= 0.6 is 0 Å². The van der Waals surface area contributed by atoms with Crippen LogP contribution in [0.15, 0.2) is 0 Å². The van der Waals surface area contributed by atoms with Gasteiger partial charge in [0.15, 0.2) is 0 Å². The molecule has 0 saturated carbocycles. The predicted octanol–water partition coefficient (Wildman–Crippen LogP) is 21.4. The predicted molar refractivity (Wildman–Crippen MR) is 320 cm³/mol. The Bertz CT molecular complexity index is 1050. The normalized spacial score (nSPS) is 12.4. The molecule has 1 amide bonds. The molecule has 0 aliphatic heterocycles. The molecular formula is C67H133NO5. The number of nitrogens with one attached hydrogen (secondary N) is 1. The van der Waals surface area contributed by atoms with Gasteiger partial charge in [0.25, 0.3) is 0 Å². The number of hydrogen-bond donors (Lipinski definition) is 3. The first-order valence-corrected chi connectivity index (χ1v) is 33.8. The van der Waals surface area contributed by atoms with Crippen molar-refractivity contribution in [3.8, 4) is 0 Å². The number of amides is 1. The maximum absolute atomic E-state index is 12.5. The Labute approximate surface area is 457 Å². The van der Waals surface area contributed by atoms with Crippen molar-refractivity contribution in [3.63, 3.8) is 0 Å². The molecule has 0 saturated heterocycles. The molecule has 0 aliphatic rings. The summed E-state index contributed by atoms with van der Waals surface area (Å²) in [4.78, 5) is 24.5.